The van der Waals surface area contributed by atoms with Crippen molar-refractivity contribution in [2.75, 3.05) is 11.4 Å². The lowest BCUT2D eigenvalue weighted by molar-refractivity contribution is -0.134. The van der Waals surface area contributed by atoms with Crippen LogP contribution in [0.5, 0.6) is 0 Å². The molecule has 0 aromatic heterocycles. The van der Waals surface area contributed by atoms with Crippen molar-refractivity contribution in [2.24, 2.45) is 0 Å². The number of rotatable bonds is 6. The summed E-state index contributed by atoms with van der Waals surface area (Å²) in [5.41, 5.74) is 1.89. The lowest BCUT2D eigenvalue weighted by Gasteiger charge is -2.48. The molecule has 5 rings (SSSR count). The molecular weight excluding hydrogens is 471 g/mol. The Morgan fingerprint density at radius 1 is 1.03 bits per heavy atom. The third-order valence-corrected chi connectivity index (χ3v) is 7.11. The van der Waals surface area contributed by atoms with Gasteiger partial charge in [-0.1, -0.05) is 36.4 Å². The highest BCUT2D eigenvalue weighted by Gasteiger charge is 2.53. The third-order valence-electron chi connectivity index (χ3n) is 7.11. The van der Waals surface area contributed by atoms with Crippen LogP contribution in [0.1, 0.15) is 46.8 Å². The summed E-state index contributed by atoms with van der Waals surface area (Å²) in [4.78, 5) is 44.9. The zero-order valence-corrected chi connectivity index (χ0v) is 20.4. The number of nitrogens with zero attached hydrogens (tertiary/aromatic N) is 4. The van der Waals surface area contributed by atoms with E-state index in [2.05, 4.69) is 6.07 Å². The summed E-state index contributed by atoms with van der Waals surface area (Å²) in [6, 6.07) is 22.0. The van der Waals surface area contributed by atoms with Crippen LogP contribution >= 0.6 is 0 Å². The van der Waals surface area contributed by atoms with Crippen LogP contribution in [0.25, 0.3) is 0 Å². The van der Waals surface area contributed by atoms with Gasteiger partial charge in [-0.25, -0.2) is 4.39 Å². The van der Waals surface area contributed by atoms with Crippen LogP contribution < -0.4 is 4.90 Å². The van der Waals surface area contributed by atoms with Crippen LogP contribution in [-0.4, -0.2) is 39.7 Å². The molecule has 2 aliphatic rings. The van der Waals surface area contributed by atoms with Crippen LogP contribution in [0.4, 0.5) is 10.1 Å². The number of benzene rings is 3. The standard InChI is InChI=1S/C29H25FN4O3/c1-29-14-13-26(35)34(29)25-8-3-2-7-24(25)28(37)33(29)19-27(36)32(18-22-5-4-6-23(30)15-22)17-21-11-9-20(16-31)10-12-21/h2-12,15H,13-14,17-19H2,1H3. The number of nitriles is 1. The van der Waals surface area contributed by atoms with E-state index >= 15 is 0 Å². The number of carbonyl (C=O) groups is 3. The first-order valence-electron chi connectivity index (χ1n) is 12.1. The van der Waals surface area contributed by atoms with E-state index in [4.69, 9.17) is 5.26 Å². The molecule has 37 heavy (non-hydrogen) atoms. The van der Waals surface area contributed by atoms with Crippen molar-refractivity contribution in [1.29, 1.82) is 5.26 Å². The Labute approximate surface area is 214 Å². The largest absolute Gasteiger partial charge is 0.333 e. The zero-order chi connectivity index (χ0) is 26.2. The van der Waals surface area contributed by atoms with Crippen LogP contribution in [0.3, 0.4) is 0 Å². The molecule has 3 aromatic carbocycles. The molecule has 0 saturated carbocycles. The summed E-state index contributed by atoms with van der Waals surface area (Å²) in [6.07, 6.45) is 0.694. The highest BCUT2D eigenvalue weighted by atomic mass is 19.1. The molecule has 0 N–H and O–H groups in total. The highest BCUT2D eigenvalue weighted by molar-refractivity contribution is 6.11. The second-order valence-corrected chi connectivity index (χ2v) is 9.54. The molecule has 0 radical (unpaired) electrons. The van der Waals surface area contributed by atoms with E-state index in [0.717, 1.165) is 5.56 Å². The lowest BCUT2D eigenvalue weighted by atomic mass is 9.98. The van der Waals surface area contributed by atoms with Gasteiger partial charge < -0.3 is 9.80 Å². The number of halogens is 1. The van der Waals surface area contributed by atoms with Gasteiger partial charge in [-0.05, 0) is 60.9 Å². The molecule has 1 unspecified atom stereocenters. The molecule has 0 bridgehead atoms. The Morgan fingerprint density at radius 3 is 2.49 bits per heavy atom. The van der Waals surface area contributed by atoms with Crippen molar-refractivity contribution in [2.45, 2.75) is 38.5 Å². The van der Waals surface area contributed by atoms with Gasteiger partial charge in [0.2, 0.25) is 11.8 Å². The van der Waals surface area contributed by atoms with Gasteiger partial charge >= 0.3 is 0 Å². The van der Waals surface area contributed by atoms with Crippen molar-refractivity contribution >= 4 is 23.4 Å². The van der Waals surface area contributed by atoms with Crippen molar-refractivity contribution < 1.29 is 18.8 Å². The van der Waals surface area contributed by atoms with E-state index < -0.39 is 11.5 Å². The van der Waals surface area contributed by atoms with Gasteiger partial charge in [0, 0.05) is 19.5 Å². The van der Waals surface area contributed by atoms with E-state index in [1.54, 1.807) is 70.5 Å². The van der Waals surface area contributed by atoms with Crippen molar-refractivity contribution in [3.63, 3.8) is 0 Å². The first-order chi connectivity index (χ1) is 17.8. The fourth-order valence-corrected chi connectivity index (χ4v) is 5.17. The molecule has 2 heterocycles. The number of anilines is 1. The van der Waals surface area contributed by atoms with E-state index in [1.165, 1.54) is 17.0 Å². The molecule has 0 spiro atoms. The Kier molecular flexibility index (Phi) is 6.22. The monoisotopic (exact) mass is 496 g/mol. The summed E-state index contributed by atoms with van der Waals surface area (Å²) in [7, 11) is 0. The average molecular weight is 497 g/mol. The molecule has 2 aliphatic heterocycles. The number of para-hydroxylation sites is 1. The van der Waals surface area contributed by atoms with E-state index in [-0.39, 0.29) is 43.8 Å². The van der Waals surface area contributed by atoms with Crippen LogP contribution in [-0.2, 0) is 22.7 Å². The van der Waals surface area contributed by atoms with Crippen molar-refractivity contribution in [3.05, 3.63) is 101 Å². The molecule has 186 valence electrons. The van der Waals surface area contributed by atoms with Crippen LogP contribution in [0, 0.1) is 17.1 Å². The predicted molar refractivity (Wildman–Crippen MR) is 134 cm³/mol. The van der Waals surface area contributed by atoms with Crippen LogP contribution in [0.2, 0.25) is 0 Å². The molecule has 3 amide bonds. The molecule has 1 fully saturated rings. The molecule has 1 atom stereocenters. The Hall–Kier alpha value is -4.51. The minimum Gasteiger partial charge on any atom is -0.333 e. The maximum atomic E-state index is 13.9. The SMILES string of the molecule is CC12CCC(=O)N1c1ccccc1C(=O)N2CC(=O)N(Cc1ccc(C#N)cc1)Cc1cccc(F)c1. The number of hydrogen-bond donors (Lipinski definition) is 0. The Balaban J connectivity index is 1.46. The van der Waals surface area contributed by atoms with Gasteiger partial charge in [-0.15, -0.1) is 0 Å². The van der Waals surface area contributed by atoms with Crippen molar-refractivity contribution in [3.8, 4) is 6.07 Å². The molecule has 0 aliphatic carbocycles. The quantitative estimate of drug-likeness (QED) is 0.511. The maximum Gasteiger partial charge on any atom is 0.258 e. The summed E-state index contributed by atoms with van der Waals surface area (Å²) < 4.78 is 13.9. The number of amides is 3. The second kappa shape index (κ2) is 9.51. The van der Waals surface area contributed by atoms with E-state index in [1.807, 2.05) is 6.92 Å². The molecule has 1 saturated heterocycles. The van der Waals surface area contributed by atoms with E-state index in [9.17, 15) is 18.8 Å². The van der Waals surface area contributed by atoms with Crippen LogP contribution in [0.15, 0.2) is 72.8 Å². The average Bonchev–Trinajstić information content (AvgIpc) is 3.21. The second-order valence-electron chi connectivity index (χ2n) is 9.54. The molecule has 3 aromatic rings. The van der Waals surface area contributed by atoms with Gasteiger partial charge in [0.15, 0.2) is 0 Å². The smallest absolute Gasteiger partial charge is 0.258 e. The summed E-state index contributed by atoms with van der Waals surface area (Å²) in [5.74, 6) is -1.13. The van der Waals surface area contributed by atoms with Gasteiger partial charge in [0.1, 0.15) is 18.0 Å². The minimum atomic E-state index is -0.961. The van der Waals surface area contributed by atoms with Gasteiger partial charge in [0.05, 0.1) is 22.9 Å². The predicted octanol–water partition coefficient (Wildman–Crippen LogP) is 4.23. The first kappa shape index (κ1) is 24.2. The minimum absolute atomic E-state index is 0.0888. The zero-order valence-electron chi connectivity index (χ0n) is 20.4. The Bertz CT molecular complexity index is 1430. The summed E-state index contributed by atoms with van der Waals surface area (Å²) >= 11 is 0. The normalized spacial score (nSPS) is 18.3. The lowest BCUT2D eigenvalue weighted by Crippen LogP contribution is -2.64. The van der Waals surface area contributed by atoms with Gasteiger partial charge in [-0.2, -0.15) is 5.26 Å². The van der Waals surface area contributed by atoms with E-state index in [0.29, 0.717) is 28.8 Å². The fourth-order valence-electron chi connectivity index (χ4n) is 5.17. The van der Waals surface area contributed by atoms with Crippen molar-refractivity contribution in [1.82, 2.24) is 9.80 Å². The molecular formula is C29H25FN4O3. The Morgan fingerprint density at radius 2 is 1.76 bits per heavy atom. The van der Waals surface area contributed by atoms with Gasteiger partial charge in [0.25, 0.3) is 5.91 Å². The maximum absolute atomic E-state index is 13.9. The summed E-state index contributed by atoms with van der Waals surface area (Å²) in [5, 5.41) is 9.10. The fraction of sp³-hybridized carbons (Fsp3) is 0.241. The number of carbonyl (C=O) groups excluding carboxylic acids is 3. The topological polar surface area (TPSA) is 84.7 Å². The first-order valence-corrected chi connectivity index (χ1v) is 12.1. The highest BCUT2D eigenvalue weighted by Crippen LogP contribution is 2.43. The third kappa shape index (κ3) is 4.45. The number of hydrogen-bond acceptors (Lipinski definition) is 4. The van der Waals surface area contributed by atoms with Gasteiger partial charge in [-0.3, -0.25) is 19.3 Å². The molecule has 8 heteroatoms. The number of fused-ring (bicyclic) bond motifs is 3. The summed E-state index contributed by atoms with van der Waals surface area (Å²) in [6.45, 7) is 1.92. The molecule has 7 nitrogen and oxygen atoms in total.